The van der Waals surface area contributed by atoms with E-state index in [0.717, 1.165) is 10.7 Å². The van der Waals surface area contributed by atoms with Crippen molar-refractivity contribution >= 4 is 39.7 Å². The number of hydrogen-bond donors (Lipinski definition) is 3. The fourth-order valence-corrected chi connectivity index (χ4v) is 2.67. The highest BCUT2D eigenvalue weighted by Gasteiger charge is 2.02. The number of hydrogen-bond acceptors (Lipinski definition) is 5. The van der Waals surface area contributed by atoms with Gasteiger partial charge in [0.25, 0.3) is 0 Å². The maximum Gasteiger partial charge on any atom is 0.314 e. The number of anilines is 1. The molecule has 1 aromatic carbocycles. The van der Waals surface area contributed by atoms with Gasteiger partial charge in [-0.2, -0.15) is 0 Å². The lowest BCUT2D eigenvalue weighted by Crippen LogP contribution is -2.28. The molecule has 0 aliphatic carbocycles. The zero-order valence-electron chi connectivity index (χ0n) is 10.1. The molecule has 0 bridgehead atoms. The summed E-state index contributed by atoms with van der Waals surface area (Å²) in [5.74, 6) is 0. The third-order valence-electron chi connectivity index (χ3n) is 2.69. The van der Waals surface area contributed by atoms with Gasteiger partial charge < -0.3 is 15.3 Å². The van der Waals surface area contributed by atoms with E-state index in [4.69, 9.17) is 11.6 Å². The van der Waals surface area contributed by atoms with Crippen LogP contribution < -0.4 is 16.4 Å². The molecule has 0 fully saturated rings. The Bertz CT molecular complexity index is 883. The average Bonchev–Trinajstić information content (AvgIpc) is 2.84. The van der Waals surface area contributed by atoms with Crippen molar-refractivity contribution in [1.82, 2.24) is 15.0 Å². The average molecular weight is 309 g/mol. The first kappa shape index (κ1) is 12.9. The van der Waals surface area contributed by atoms with Crippen LogP contribution in [0.2, 0.25) is 4.34 Å². The summed E-state index contributed by atoms with van der Waals surface area (Å²) < 4.78 is 0.641. The minimum atomic E-state index is -0.665. The van der Waals surface area contributed by atoms with Crippen molar-refractivity contribution in [2.75, 3.05) is 5.32 Å². The lowest BCUT2D eigenvalue weighted by molar-refractivity contribution is 1.10. The van der Waals surface area contributed by atoms with Crippen LogP contribution >= 0.6 is 22.9 Å². The van der Waals surface area contributed by atoms with Crippen molar-refractivity contribution in [2.45, 2.75) is 6.54 Å². The summed E-state index contributed by atoms with van der Waals surface area (Å²) in [5, 5.41) is 4.04. The zero-order chi connectivity index (χ0) is 14.1. The maximum atomic E-state index is 11.3. The predicted octanol–water partition coefficient (Wildman–Crippen LogP) is 1.94. The normalized spacial score (nSPS) is 10.8. The first-order valence-electron chi connectivity index (χ1n) is 5.72. The number of aromatic nitrogens is 3. The van der Waals surface area contributed by atoms with Crippen LogP contribution in [0.4, 0.5) is 5.69 Å². The molecule has 0 aliphatic rings. The molecule has 3 aromatic rings. The van der Waals surface area contributed by atoms with E-state index >= 15 is 0 Å². The number of H-pyrrole nitrogens is 2. The molecule has 0 aliphatic heterocycles. The van der Waals surface area contributed by atoms with Gasteiger partial charge in [-0.1, -0.05) is 11.6 Å². The minimum Gasteiger partial charge on any atom is -0.378 e. The Labute approximate surface area is 121 Å². The van der Waals surface area contributed by atoms with Crippen molar-refractivity contribution in [3.8, 4) is 0 Å². The van der Waals surface area contributed by atoms with Gasteiger partial charge in [0, 0.05) is 5.69 Å². The standard InChI is InChI=1S/C12H9ClN4O2S/c13-9-4-15-10(20-9)5-14-6-1-2-7-8(3-6)17-12(19)11(18)16-7/h1-4,14H,5H2,(H,16,18)(H,17,19). The molecule has 20 heavy (non-hydrogen) atoms. The molecule has 0 atom stereocenters. The highest BCUT2D eigenvalue weighted by atomic mass is 35.5. The van der Waals surface area contributed by atoms with Gasteiger partial charge in [-0.15, -0.1) is 11.3 Å². The molecule has 0 saturated carbocycles. The Balaban J connectivity index is 1.87. The quantitative estimate of drug-likeness (QED) is 0.645. The zero-order valence-corrected chi connectivity index (χ0v) is 11.6. The summed E-state index contributed by atoms with van der Waals surface area (Å²) in [5.41, 5.74) is 0.637. The number of halogens is 1. The SMILES string of the molecule is O=c1[nH]c2ccc(NCc3ncc(Cl)s3)cc2[nH]c1=O. The van der Waals surface area contributed by atoms with E-state index in [9.17, 15) is 9.59 Å². The summed E-state index contributed by atoms with van der Waals surface area (Å²) in [6.45, 7) is 0.538. The molecule has 0 unspecified atom stereocenters. The summed E-state index contributed by atoms with van der Waals surface area (Å²) in [7, 11) is 0. The van der Waals surface area contributed by atoms with Gasteiger partial charge >= 0.3 is 11.1 Å². The van der Waals surface area contributed by atoms with E-state index in [-0.39, 0.29) is 0 Å². The monoisotopic (exact) mass is 308 g/mol. The molecule has 102 valence electrons. The van der Waals surface area contributed by atoms with E-state index < -0.39 is 11.1 Å². The van der Waals surface area contributed by atoms with Crippen molar-refractivity contribution < 1.29 is 0 Å². The largest absolute Gasteiger partial charge is 0.378 e. The van der Waals surface area contributed by atoms with Crippen LogP contribution in [0.15, 0.2) is 34.0 Å². The Morgan fingerprint density at radius 2 is 1.95 bits per heavy atom. The predicted molar refractivity (Wildman–Crippen MR) is 79.6 cm³/mol. The van der Waals surface area contributed by atoms with Gasteiger partial charge in [0.1, 0.15) is 9.34 Å². The van der Waals surface area contributed by atoms with Crippen LogP contribution in [0.5, 0.6) is 0 Å². The lowest BCUT2D eigenvalue weighted by atomic mass is 10.2. The fraction of sp³-hybridized carbons (Fsp3) is 0.0833. The molecule has 2 aromatic heterocycles. The molecule has 0 radical (unpaired) electrons. The second-order valence-electron chi connectivity index (χ2n) is 4.08. The molecule has 3 N–H and O–H groups in total. The molecular weight excluding hydrogens is 300 g/mol. The molecule has 3 rings (SSSR count). The number of fused-ring (bicyclic) bond motifs is 1. The number of thiazole rings is 1. The Hall–Kier alpha value is -2.12. The summed E-state index contributed by atoms with van der Waals surface area (Å²) >= 11 is 7.21. The smallest absolute Gasteiger partial charge is 0.314 e. The topological polar surface area (TPSA) is 90.6 Å². The van der Waals surface area contributed by atoms with Crippen molar-refractivity contribution in [1.29, 1.82) is 0 Å². The number of nitrogens with one attached hydrogen (secondary N) is 3. The summed E-state index contributed by atoms with van der Waals surface area (Å²) in [6.07, 6.45) is 1.60. The Kier molecular flexibility index (Phi) is 3.29. The van der Waals surface area contributed by atoms with E-state index in [1.54, 1.807) is 18.3 Å². The van der Waals surface area contributed by atoms with Crippen LogP contribution in [0, 0.1) is 0 Å². The van der Waals surface area contributed by atoms with Crippen LogP contribution in [0.3, 0.4) is 0 Å². The highest BCUT2D eigenvalue weighted by Crippen LogP contribution is 2.20. The van der Waals surface area contributed by atoms with Crippen LogP contribution in [0.1, 0.15) is 5.01 Å². The molecule has 8 heteroatoms. The van der Waals surface area contributed by atoms with Gasteiger partial charge in [-0.05, 0) is 18.2 Å². The molecule has 6 nitrogen and oxygen atoms in total. The second kappa shape index (κ2) is 5.10. The first-order chi connectivity index (χ1) is 9.61. The van der Waals surface area contributed by atoms with E-state index in [1.165, 1.54) is 11.3 Å². The van der Waals surface area contributed by atoms with Gasteiger partial charge in [0.15, 0.2) is 0 Å². The number of aromatic amines is 2. The van der Waals surface area contributed by atoms with Crippen molar-refractivity contribution in [3.05, 3.63) is 54.4 Å². The Morgan fingerprint density at radius 3 is 2.65 bits per heavy atom. The molecule has 2 heterocycles. The molecule has 0 saturated heterocycles. The fourth-order valence-electron chi connectivity index (χ4n) is 1.77. The van der Waals surface area contributed by atoms with Gasteiger partial charge in [-0.25, -0.2) is 4.98 Å². The lowest BCUT2D eigenvalue weighted by Gasteiger charge is -2.05. The van der Waals surface area contributed by atoms with Gasteiger partial charge in [0.2, 0.25) is 0 Å². The van der Waals surface area contributed by atoms with E-state index in [1.807, 2.05) is 6.07 Å². The number of benzene rings is 1. The number of nitrogens with zero attached hydrogens (tertiary/aromatic N) is 1. The highest BCUT2D eigenvalue weighted by molar-refractivity contribution is 7.15. The molecular formula is C12H9ClN4O2S. The van der Waals surface area contributed by atoms with Crippen LogP contribution in [0.25, 0.3) is 11.0 Å². The Morgan fingerprint density at radius 1 is 1.20 bits per heavy atom. The van der Waals surface area contributed by atoms with Crippen LogP contribution in [-0.4, -0.2) is 15.0 Å². The van der Waals surface area contributed by atoms with Gasteiger partial charge in [0.05, 0.1) is 23.8 Å². The van der Waals surface area contributed by atoms with Crippen molar-refractivity contribution in [3.63, 3.8) is 0 Å². The van der Waals surface area contributed by atoms with Gasteiger partial charge in [-0.3, -0.25) is 9.59 Å². The van der Waals surface area contributed by atoms with E-state index in [0.29, 0.717) is 21.9 Å². The van der Waals surface area contributed by atoms with Crippen molar-refractivity contribution in [2.24, 2.45) is 0 Å². The van der Waals surface area contributed by atoms with E-state index in [2.05, 4.69) is 20.3 Å². The minimum absolute atomic E-state index is 0.538. The second-order valence-corrected chi connectivity index (χ2v) is 5.83. The maximum absolute atomic E-state index is 11.3. The molecule has 0 spiro atoms. The summed E-state index contributed by atoms with van der Waals surface area (Å²) in [6, 6.07) is 5.29. The molecule has 0 amide bonds. The third-order valence-corrected chi connectivity index (χ3v) is 3.81. The van der Waals surface area contributed by atoms with Crippen LogP contribution in [-0.2, 0) is 6.54 Å². The third kappa shape index (κ3) is 2.59. The first-order valence-corrected chi connectivity index (χ1v) is 6.92. The summed E-state index contributed by atoms with van der Waals surface area (Å²) in [4.78, 5) is 31.7. The number of rotatable bonds is 3.